The molecule has 4 nitrogen and oxygen atoms in total. The van der Waals surface area contributed by atoms with Crippen LogP contribution in [0.2, 0.25) is 0 Å². The Bertz CT molecular complexity index is 757. The van der Waals surface area contributed by atoms with E-state index in [1.165, 1.54) is 0 Å². The van der Waals surface area contributed by atoms with Crippen molar-refractivity contribution in [1.29, 1.82) is 0 Å². The van der Waals surface area contributed by atoms with E-state index in [2.05, 4.69) is 28.9 Å². The summed E-state index contributed by atoms with van der Waals surface area (Å²) in [5.41, 5.74) is 4.08. The number of benzene rings is 1. The van der Waals surface area contributed by atoms with Gasteiger partial charge in [0.05, 0.1) is 5.69 Å². The zero-order valence-corrected chi connectivity index (χ0v) is 15.5. The molecule has 2 aromatic rings. The number of pyridine rings is 1. The van der Waals surface area contributed by atoms with Crippen LogP contribution in [0.25, 0.3) is 11.1 Å². The Hall–Kier alpha value is -2.36. The van der Waals surface area contributed by atoms with Gasteiger partial charge in [0.15, 0.2) is 5.69 Å². The van der Waals surface area contributed by atoms with Crippen LogP contribution in [0.5, 0.6) is 0 Å². The fourth-order valence-corrected chi connectivity index (χ4v) is 3.30. The van der Waals surface area contributed by atoms with Gasteiger partial charge in [-0.15, -0.1) is 0 Å². The zero-order valence-electron chi connectivity index (χ0n) is 15.5. The molecule has 0 aliphatic carbocycles. The first-order chi connectivity index (χ1) is 11.9. The van der Waals surface area contributed by atoms with E-state index in [0.717, 1.165) is 48.3 Å². The van der Waals surface area contributed by atoms with E-state index in [4.69, 9.17) is 4.74 Å². The van der Waals surface area contributed by atoms with Crippen molar-refractivity contribution in [2.24, 2.45) is 0 Å². The lowest BCUT2D eigenvalue weighted by Gasteiger charge is -2.26. The Kier molecular flexibility index (Phi) is 4.80. The molecule has 2 heterocycles. The molecule has 0 atom stereocenters. The molecule has 0 amide bonds. The SMILES string of the molecule is Cc1c(-c2ccccc2)cnc(C(=O)OC(C)(C)C)c1N1CCCC1. The predicted molar refractivity (Wildman–Crippen MR) is 101 cm³/mol. The third kappa shape index (κ3) is 3.84. The predicted octanol–water partition coefficient (Wildman–Crippen LogP) is 4.61. The highest BCUT2D eigenvalue weighted by Gasteiger charge is 2.28. The van der Waals surface area contributed by atoms with Crippen LogP contribution in [0.4, 0.5) is 5.69 Å². The summed E-state index contributed by atoms with van der Waals surface area (Å²) in [6.07, 6.45) is 4.08. The number of nitrogens with zero attached hydrogens (tertiary/aromatic N) is 2. The van der Waals surface area contributed by atoms with Crippen molar-refractivity contribution in [3.8, 4) is 11.1 Å². The molecule has 1 aliphatic rings. The van der Waals surface area contributed by atoms with Gasteiger partial charge in [-0.05, 0) is 51.7 Å². The Labute approximate surface area is 149 Å². The fourth-order valence-electron chi connectivity index (χ4n) is 3.30. The molecule has 25 heavy (non-hydrogen) atoms. The molecule has 4 heteroatoms. The van der Waals surface area contributed by atoms with Crippen LogP contribution in [0.15, 0.2) is 36.5 Å². The number of anilines is 1. The number of carbonyl (C=O) groups excluding carboxylic acids is 1. The molecule has 1 aromatic carbocycles. The van der Waals surface area contributed by atoms with Gasteiger partial charge in [0.1, 0.15) is 5.60 Å². The van der Waals surface area contributed by atoms with Crippen molar-refractivity contribution >= 4 is 11.7 Å². The van der Waals surface area contributed by atoms with Crippen molar-refractivity contribution in [3.63, 3.8) is 0 Å². The average Bonchev–Trinajstić information content (AvgIpc) is 3.07. The van der Waals surface area contributed by atoms with Gasteiger partial charge in [0.25, 0.3) is 0 Å². The lowest BCUT2D eigenvalue weighted by Crippen LogP contribution is -2.28. The number of ether oxygens (including phenoxy) is 1. The largest absolute Gasteiger partial charge is 0.455 e. The van der Waals surface area contributed by atoms with Crippen LogP contribution in [0.3, 0.4) is 0 Å². The monoisotopic (exact) mass is 338 g/mol. The van der Waals surface area contributed by atoms with E-state index < -0.39 is 5.60 Å². The number of rotatable bonds is 3. The van der Waals surface area contributed by atoms with Crippen molar-refractivity contribution in [2.45, 2.75) is 46.1 Å². The van der Waals surface area contributed by atoms with Crippen molar-refractivity contribution in [1.82, 2.24) is 4.98 Å². The molecule has 132 valence electrons. The third-order valence-electron chi connectivity index (χ3n) is 4.41. The van der Waals surface area contributed by atoms with E-state index in [-0.39, 0.29) is 5.97 Å². The van der Waals surface area contributed by atoms with Crippen LogP contribution in [-0.2, 0) is 4.74 Å². The number of hydrogen-bond acceptors (Lipinski definition) is 4. The standard InChI is InChI=1S/C21H26N2O2/c1-15-17(16-10-6-5-7-11-16)14-22-18(20(24)25-21(2,3)4)19(15)23-12-8-9-13-23/h5-7,10-11,14H,8-9,12-13H2,1-4H3. The first-order valence-electron chi connectivity index (χ1n) is 8.90. The van der Waals surface area contributed by atoms with E-state index >= 15 is 0 Å². The molecule has 0 N–H and O–H groups in total. The van der Waals surface area contributed by atoms with Gasteiger partial charge in [-0.1, -0.05) is 30.3 Å². The first-order valence-corrected chi connectivity index (χ1v) is 8.90. The van der Waals surface area contributed by atoms with Gasteiger partial charge in [-0.25, -0.2) is 9.78 Å². The Morgan fingerprint density at radius 3 is 2.36 bits per heavy atom. The molecule has 0 spiro atoms. The van der Waals surface area contributed by atoms with Gasteiger partial charge in [0.2, 0.25) is 0 Å². The van der Waals surface area contributed by atoms with E-state index in [1.807, 2.05) is 39.0 Å². The summed E-state index contributed by atoms with van der Waals surface area (Å²) in [4.78, 5) is 19.5. The topological polar surface area (TPSA) is 42.4 Å². The molecule has 1 aromatic heterocycles. The first kappa shape index (κ1) is 17.5. The molecule has 3 rings (SSSR count). The second-order valence-electron chi connectivity index (χ2n) is 7.56. The molecular weight excluding hydrogens is 312 g/mol. The van der Waals surface area contributed by atoms with Crippen LogP contribution in [-0.4, -0.2) is 29.6 Å². The van der Waals surface area contributed by atoms with E-state index in [0.29, 0.717) is 5.69 Å². The second kappa shape index (κ2) is 6.87. The summed E-state index contributed by atoms with van der Waals surface area (Å²) in [6, 6.07) is 10.2. The maximum atomic E-state index is 12.7. The van der Waals surface area contributed by atoms with Crippen molar-refractivity contribution in [3.05, 3.63) is 47.8 Å². The smallest absolute Gasteiger partial charge is 0.359 e. The van der Waals surface area contributed by atoms with Crippen LogP contribution >= 0.6 is 0 Å². The summed E-state index contributed by atoms with van der Waals surface area (Å²) < 4.78 is 5.60. The average molecular weight is 338 g/mol. The van der Waals surface area contributed by atoms with Gasteiger partial charge >= 0.3 is 5.97 Å². The molecule has 0 unspecified atom stereocenters. The Balaban J connectivity index is 2.09. The van der Waals surface area contributed by atoms with E-state index in [9.17, 15) is 4.79 Å². The summed E-state index contributed by atoms with van der Waals surface area (Å²) >= 11 is 0. The minimum atomic E-state index is -0.535. The number of esters is 1. The lowest BCUT2D eigenvalue weighted by molar-refractivity contribution is 0.00636. The molecule has 1 aliphatic heterocycles. The molecule has 0 bridgehead atoms. The van der Waals surface area contributed by atoms with Crippen LogP contribution < -0.4 is 4.90 Å². The van der Waals surface area contributed by atoms with E-state index in [1.54, 1.807) is 6.20 Å². The molecule has 0 saturated carbocycles. The molecular formula is C21H26N2O2. The fraction of sp³-hybridized carbons (Fsp3) is 0.429. The molecule has 1 saturated heterocycles. The number of aromatic nitrogens is 1. The normalized spacial score (nSPS) is 14.6. The number of hydrogen-bond donors (Lipinski definition) is 0. The van der Waals surface area contributed by atoms with Gasteiger partial charge < -0.3 is 9.64 Å². The lowest BCUT2D eigenvalue weighted by atomic mass is 9.99. The van der Waals surface area contributed by atoms with Gasteiger partial charge in [0, 0.05) is 24.8 Å². The minimum Gasteiger partial charge on any atom is -0.455 e. The van der Waals surface area contributed by atoms with Crippen LogP contribution in [0.1, 0.15) is 49.7 Å². The summed E-state index contributed by atoms with van der Waals surface area (Å²) in [7, 11) is 0. The Morgan fingerprint density at radius 2 is 1.76 bits per heavy atom. The van der Waals surface area contributed by atoms with Gasteiger partial charge in [-0.3, -0.25) is 0 Å². The highest BCUT2D eigenvalue weighted by molar-refractivity contribution is 5.96. The second-order valence-corrected chi connectivity index (χ2v) is 7.56. The summed E-state index contributed by atoms with van der Waals surface area (Å²) in [5, 5.41) is 0. The third-order valence-corrected chi connectivity index (χ3v) is 4.41. The van der Waals surface area contributed by atoms with Gasteiger partial charge in [-0.2, -0.15) is 0 Å². The highest BCUT2D eigenvalue weighted by Crippen LogP contribution is 2.35. The minimum absolute atomic E-state index is 0.350. The van der Waals surface area contributed by atoms with Crippen molar-refractivity contribution < 1.29 is 9.53 Å². The maximum Gasteiger partial charge on any atom is 0.359 e. The quantitative estimate of drug-likeness (QED) is 0.766. The molecule has 0 radical (unpaired) electrons. The maximum absolute atomic E-state index is 12.7. The zero-order chi connectivity index (χ0) is 18.0. The number of carbonyl (C=O) groups is 1. The highest BCUT2D eigenvalue weighted by atomic mass is 16.6. The summed E-state index contributed by atoms with van der Waals surface area (Å²) in [5.74, 6) is -0.350. The summed E-state index contributed by atoms with van der Waals surface area (Å²) in [6.45, 7) is 9.63. The van der Waals surface area contributed by atoms with Crippen LogP contribution in [0, 0.1) is 6.92 Å². The van der Waals surface area contributed by atoms with Crippen molar-refractivity contribution in [2.75, 3.05) is 18.0 Å². The molecule has 1 fully saturated rings. The Morgan fingerprint density at radius 1 is 1.12 bits per heavy atom.